The minimum absolute atomic E-state index is 0.197. The zero-order valence-electron chi connectivity index (χ0n) is 10.4. The average molecular weight is 269 g/mol. The zero-order chi connectivity index (χ0) is 13.1. The number of aliphatic hydroxyl groups excluding tert-OH is 1. The first-order chi connectivity index (χ1) is 8.65. The van der Waals surface area contributed by atoms with Crippen molar-refractivity contribution < 1.29 is 9.90 Å². The number of aliphatic hydroxyl groups is 1. The number of rotatable bonds is 4. The third kappa shape index (κ3) is 2.72. The molecular weight excluding hydrogens is 250 g/mol. The van der Waals surface area contributed by atoms with Crippen LogP contribution in [0.1, 0.15) is 27.9 Å². The van der Waals surface area contributed by atoms with Gasteiger partial charge in [-0.2, -0.15) is 0 Å². The summed E-state index contributed by atoms with van der Waals surface area (Å²) in [5, 5.41) is 9.40. The number of nitrogens with one attached hydrogen (secondary N) is 1. The van der Waals surface area contributed by atoms with Gasteiger partial charge in [0, 0.05) is 17.5 Å². The lowest BCUT2D eigenvalue weighted by Gasteiger charge is -2.24. The molecule has 0 saturated carbocycles. The monoisotopic (exact) mass is 269 g/mol. The Morgan fingerprint density at radius 1 is 1.67 bits per heavy atom. The van der Waals surface area contributed by atoms with E-state index in [0.717, 1.165) is 24.4 Å². The maximum atomic E-state index is 11.4. The zero-order valence-corrected chi connectivity index (χ0v) is 11.2. The third-order valence-electron chi connectivity index (χ3n) is 3.56. The van der Waals surface area contributed by atoms with E-state index in [9.17, 15) is 9.90 Å². The van der Waals surface area contributed by atoms with Crippen molar-refractivity contribution in [2.75, 3.05) is 13.2 Å². The predicted octanol–water partition coefficient (Wildman–Crippen LogP) is 0.554. The second-order valence-electron chi connectivity index (χ2n) is 4.73. The van der Waals surface area contributed by atoms with Crippen molar-refractivity contribution in [3.8, 4) is 0 Å². The van der Waals surface area contributed by atoms with Crippen LogP contribution in [0, 0.1) is 5.92 Å². The molecule has 0 aliphatic carbocycles. The first-order valence-electron chi connectivity index (χ1n) is 6.10. The summed E-state index contributed by atoms with van der Waals surface area (Å²) in [5.41, 5.74) is 2.13. The van der Waals surface area contributed by atoms with Gasteiger partial charge in [-0.25, -0.2) is 5.84 Å². The number of thiophene rings is 1. The van der Waals surface area contributed by atoms with Gasteiger partial charge in [-0.05, 0) is 31.0 Å². The van der Waals surface area contributed by atoms with E-state index in [0.29, 0.717) is 10.8 Å². The van der Waals surface area contributed by atoms with Crippen LogP contribution in [-0.4, -0.2) is 35.1 Å². The molecule has 1 amide bonds. The summed E-state index contributed by atoms with van der Waals surface area (Å²) in [6.45, 7) is 4.16. The van der Waals surface area contributed by atoms with Crippen LogP contribution in [0.15, 0.2) is 12.1 Å². The van der Waals surface area contributed by atoms with Crippen LogP contribution in [0.25, 0.3) is 0 Å². The number of nitrogen functional groups attached to an aromatic ring is 1. The van der Waals surface area contributed by atoms with Gasteiger partial charge in [-0.15, -0.1) is 11.3 Å². The minimum atomic E-state index is -0.250. The molecule has 2 unspecified atom stereocenters. The predicted molar refractivity (Wildman–Crippen MR) is 71.0 cm³/mol. The maximum Gasteiger partial charge on any atom is 0.275 e. The number of hydrogen-bond donors (Lipinski definition) is 3. The van der Waals surface area contributed by atoms with Crippen LogP contribution in [0.5, 0.6) is 0 Å². The molecule has 5 nitrogen and oxygen atoms in total. The molecule has 4 N–H and O–H groups in total. The first kappa shape index (κ1) is 13.5. The molecule has 2 heterocycles. The molecule has 2 atom stereocenters. The molecule has 0 radical (unpaired) electrons. The second-order valence-corrected chi connectivity index (χ2v) is 5.89. The lowest BCUT2D eigenvalue weighted by atomic mass is 10.0. The number of carbonyl (C=O) groups is 1. The molecular formula is C12H19N3O2S. The summed E-state index contributed by atoms with van der Waals surface area (Å²) in [4.78, 5) is 15.4. The lowest BCUT2D eigenvalue weighted by Crippen LogP contribution is -2.34. The van der Waals surface area contributed by atoms with Gasteiger partial charge < -0.3 is 5.11 Å². The summed E-state index contributed by atoms with van der Waals surface area (Å²) in [6.07, 6.45) is 1.12. The Morgan fingerprint density at radius 3 is 3.11 bits per heavy atom. The molecule has 1 saturated heterocycles. The van der Waals surface area contributed by atoms with Crippen molar-refractivity contribution in [2.24, 2.45) is 11.8 Å². The highest BCUT2D eigenvalue weighted by Crippen LogP contribution is 2.27. The number of amides is 1. The van der Waals surface area contributed by atoms with Gasteiger partial charge in [0.1, 0.15) is 0 Å². The van der Waals surface area contributed by atoms with Crippen molar-refractivity contribution in [1.29, 1.82) is 0 Å². The summed E-state index contributed by atoms with van der Waals surface area (Å²) in [5.74, 6) is 5.38. The highest BCUT2D eigenvalue weighted by Gasteiger charge is 2.30. The number of hydrogen-bond acceptors (Lipinski definition) is 5. The molecule has 6 heteroatoms. The van der Waals surface area contributed by atoms with Crippen LogP contribution < -0.4 is 11.3 Å². The molecule has 0 spiro atoms. The number of nitrogens with two attached hydrogens (primary N) is 1. The van der Waals surface area contributed by atoms with E-state index in [1.165, 1.54) is 11.3 Å². The number of carbonyl (C=O) groups excluding carboxylic acids is 1. The van der Waals surface area contributed by atoms with Gasteiger partial charge in [0.2, 0.25) is 0 Å². The summed E-state index contributed by atoms with van der Waals surface area (Å²) in [6, 6.07) is 3.97. The van der Waals surface area contributed by atoms with E-state index >= 15 is 0 Å². The van der Waals surface area contributed by atoms with E-state index in [1.54, 1.807) is 6.07 Å². The van der Waals surface area contributed by atoms with Crippen molar-refractivity contribution in [1.82, 2.24) is 10.3 Å². The quantitative estimate of drug-likeness (QED) is 0.424. The maximum absolute atomic E-state index is 11.4. The van der Waals surface area contributed by atoms with Crippen molar-refractivity contribution in [3.05, 3.63) is 21.9 Å². The molecule has 0 bridgehead atoms. The average Bonchev–Trinajstić information content (AvgIpc) is 2.96. The summed E-state index contributed by atoms with van der Waals surface area (Å²) >= 11 is 1.45. The number of hydrazine groups is 1. The Morgan fingerprint density at radius 2 is 2.44 bits per heavy atom. The van der Waals surface area contributed by atoms with E-state index in [1.807, 2.05) is 6.07 Å². The Bertz CT molecular complexity index is 421. The Hall–Kier alpha value is -0.950. The highest BCUT2D eigenvalue weighted by molar-refractivity contribution is 7.14. The molecule has 100 valence electrons. The molecule has 2 rings (SSSR count). The highest BCUT2D eigenvalue weighted by atomic mass is 32.1. The molecule has 18 heavy (non-hydrogen) atoms. The van der Waals surface area contributed by atoms with Crippen LogP contribution >= 0.6 is 11.3 Å². The Kier molecular flexibility index (Phi) is 4.34. The van der Waals surface area contributed by atoms with E-state index in [-0.39, 0.29) is 18.6 Å². The largest absolute Gasteiger partial charge is 0.395 e. The van der Waals surface area contributed by atoms with Crippen molar-refractivity contribution >= 4 is 17.2 Å². The number of nitrogens with zero attached hydrogens (tertiary/aromatic N) is 1. The summed E-state index contributed by atoms with van der Waals surface area (Å²) < 4.78 is 0. The number of likely N-dealkylation sites (tertiary alicyclic amines) is 1. The van der Waals surface area contributed by atoms with Gasteiger partial charge >= 0.3 is 0 Å². The first-order valence-corrected chi connectivity index (χ1v) is 6.92. The molecule has 1 fully saturated rings. The van der Waals surface area contributed by atoms with Crippen LogP contribution in [0.3, 0.4) is 0 Å². The van der Waals surface area contributed by atoms with E-state index in [2.05, 4.69) is 17.2 Å². The van der Waals surface area contributed by atoms with Gasteiger partial charge in [-0.3, -0.25) is 15.1 Å². The van der Waals surface area contributed by atoms with Crippen LogP contribution in [0.4, 0.5) is 0 Å². The molecule has 0 aromatic carbocycles. The van der Waals surface area contributed by atoms with Gasteiger partial charge in [0.15, 0.2) is 0 Å². The van der Waals surface area contributed by atoms with E-state index in [4.69, 9.17) is 5.84 Å². The smallest absolute Gasteiger partial charge is 0.275 e. The van der Waals surface area contributed by atoms with Gasteiger partial charge in [0.05, 0.1) is 11.5 Å². The van der Waals surface area contributed by atoms with Gasteiger partial charge in [0.25, 0.3) is 5.91 Å². The molecule has 1 aliphatic heterocycles. The fourth-order valence-corrected chi connectivity index (χ4v) is 3.37. The molecule has 1 aromatic rings. The minimum Gasteiger partial charge on any atom is -0.395 e. The van der Waals surface area contributed by atoms with Crippen molar-refractivity contribution in [2.45, 2.75) is 25.9 Å². The lowest BCUT2D eigenvalue weighted by molar-refractivity contribution is 0.0957. The van der Waals surface area contributed by atoms with Crippen LogP contribution in [-0.2, 0) is 6.54 Å². The van der Waals surface area contributed by atoms with E-state index < -0.39 is 0 Å². The van der Waals surface area contributed by atoms with Gasteiger partial charge in [-0.1, -0.05) is 6.92 Å². The fourth-order valence-electron chi connectivity index (χ4n) is 2.44. The summed E-state index contributed by atoms with van der Waals surface area (Å²) in [7, 11) is 0. The second kappa shape index (κ2) is 5.79. The van der Waals surface area contributed by atoms with Crippen LogP contribution in [0.2, 0.25) is 0 Å². The Balaban J connectivity index is 2.01. The van der Waals surface area contributed by atoms with Crippen molar-refractivity contribution in [3.63, 3.8) is 0 Å². The third-order valence-corrected chi connectivity index (χ3v) is 4.63. The standard InChI is InChI=1S/C12H19N3O2S/c1-8-4-5-15(10(8)7-16)6-9-2-3-11(18-9)12(17)14-13/h2-3,8,10,16H,4-7,13H2,1H3,(H,14,17). The SMILES string of the molecule is CC1CCN(Cc2ccc(C(=O)NN)s2)C1CO. The molecule has 1 aromatic heterocycles. The topological polar surface area (TPSA) is 78.6 Å². The Labute approximate surface area is 111 Å². The normalized spacial score (nSPS) is 24.4. The molecule has 1 aliphatic rings. The fraction of sp³-hybridized carbons (Fsp3) is 0.583.